The van der Waals surface area contributed by atoms with Gasteiger partial charge in [0.25, 0.3) is 0 Å². The summed E-state index contributed by atoms with van der Waals surface area (Å²) in [6.45, 7) is 9.12. The van der Waals surface area contributed by atoms with Gasteiger partial charge in [-0.05, 0) is 24.6 Å². The van der Waals surface area contributed by atoms with Gasteiger partial charge >= 0.3 is 0 Å². The molecule has 0 amide bonds. The van der Waals surface area contributed by atoms with Gasteiger partial charge in [0.15, 0.2) is 0 Å². The third-order valence-electron chi connectivity index (χ3n) is 1.33. The van der Waals surface area contributed by atoms with E-state index >= 15 is 0 Å². The van der Waals surface area contributed by atoms with Gasteiger partial charge < -0.3 is 4.74 Å². The van der Waals surface area contributed by atoms with Gasteiger partial charge in [-0.3, -0.25) is 4.98 Å². The summed E-state index contributed by atoms with van der Waals surface area (Å²) in [6.07, 6.45) is 4.97. The van der Waals surface area contributed by atoms with Crippen molar-refractivity contribution < 1.29 is 4.74 Å². The van der Waals surface area contributed by atoms with E-state index in [2.05, 4.69) is 18.1 Å². The molecule has 0 fully saturated rings. The fraction of sp³-hybridized carbons (Fsp3) is 0.100. The van der Waals surface area contributed by atoms with Crippen LogP contribution in [0.3, 0.4) is 0 Å². The van der Waals surface area contributed by atoms with Gasteiger partial charge in [0.2, 0.25) is 0 Å². The second kappa shape index (κ2) is 3.72. The third kappa shape index (κ3) is 2.23. The van der Waals surface area contributed by atoms with Gasteiger partial charge in [-0.2, -0.15) is 0 Å². The van der Waals surface area contributed by atoms with Crippen LogP contribution in [0.5, 0.6) is 5.75 Å². The highest BCUT2D eigenvalue weighted by molar-refractivity contribution is 5.25. The van der Waals surface area contributed by atoms with Gasteiger partial charge in [0.1, 0.15) is 11.5 Å². The minimum absolute atomic E-state index is 0.530. The molecule has 0 spiro atoms. The molecule has 0 radical (unpaired) electrons. The zero-order valence-corrected chi connectivity index (χ0v) is 7.08. The molecule has 0 saturated carbocycles. The number of ether oxygens (including phenoxy) is 1. The number of aromatic nitrogens is 1. The Kier molecular flexibility index (Phi) is 2.64. The van der Waals surface area contributed by atoms with Crippen molar-refractivity contribution in [2.75, 3.05) is 0 Å². The molecule has 1 rings (SSSR count). The molecule has 1 heterocycles. The highest BCUT2D eigenvalue weighted by Crippen LogP contribution is 2.12. The molecule has 2 heteroatoms. The Hall–Kier alpha value is -1.57. The number of hydrogen-bond donors (Lipinski definition) is 0. The molecule has 0 atom stereocenters. The maximum atomic E-state index is 5.27. The van der Waals surface area contributed by atoms with E-state index in [4.69, 9.17) is 4.74 Å². The molecule has 0 unspecified atom stereocenters. The molecular formula is C10H11NO. The molecule has 12 heavy (non-hydrogen) atoms. The quantitative estimate of drug-likeness (QED) is 0.502. The van der Waals surface area contributed by atoms with Crippen LogP contribution in [-0.4, -0.2) is 4.98 Å². The number of nitrogens with zero attached hydrogens (tertiary/aromatic N) is 1. The first-order valence-corrected chi connectivity index (χ1v) is 3.63. The molecule has 2 nitrogen and oxygen atoms in total. The molecule has 0 bridgehead atoms. The number of pyridine rings is 1. The van der Waals surface area contributed by atoms with Crippen LogP contribution in [0.25, 0.3) is 0 Å². The van der Waals surface area contributed by atoms with Gasteiger partial charge in [-0.1, -0.05) is 13.2 Å². The van der Waals surface area contributed by atoms with E-state index in [1.165, 1.54) is 0 Å². The fourth-order valence-corrected chi connectivity index (χ4v) is 0.776. The highest BCUT2D eigenvalue weighted by Gasteiger charge is 1.94. The minimum Gasteiger partial charge on any atom is -0.456 e. The largest absolute Gasteiger partial charge is 0.456 e. The van der Waals surface area contributed by atoms with Crippen molar-refractivity contribution >= 4 is 0 Å². The number of rotatable bonds is 3. The molecule has 1 aromatic heterocycles. The normalized spacial score (nSPS) is 9.08. The Bertz CT molecular complexity index is 304. The first-order chi connectivity index (χ1) is 5.72. The average molecular weight is 161 g/mol. The van der Waals surface area contributed by atoms with Crippen molar-refractivity contribution in [1.82, 2.24) is 4.98 Å². The summed E-state index contributed by atoms with van der Waals surface area (Å²) < 4.78 is 5.27. The van der Waals surface area contributed by atoms with E-state index in [1.807, 2.05) is 13.0 Å². The number of allylic oxidation sites excluding steroid dienone is 1. The van der Waals surface area contributed by atoms with Crippen LogP contribution in [0.15, 0.2) is 43.5 Å². The van der Waals surface area contributed by atoms with Gasteiger partial charge in [-0.25, -0.2) is 0 Å². The summed E-state index contributed by atoms with van der Waals surface area (Å²) in [6, 6.07) is 1.89. The molecular weight excluding hydrogens is 150 g/mol. The van der Waals surface area contributed by atoms with Crippen LogP contribution in [0.2, 0.25) is 0 Å². The third-order valence-corrected chi connectivity index (χ3v) is 1.33. The monoisotopic (exact) mass is 161 g/mol. The van der Waals surface area contributed by atoms with Crippen LogP contribution in [0.1, 0.15) is 5.56 Å². The zero-order valence-electron chi connectivity index (χ0n) is 7.08. The van der Waals surface area contributed by atoms with E-state index in [-0.39, 0.29) is 0 Å². The van der Waals surface area contributed by atoms with Crippen molar-refractivity contribution in [2.24, 2.45) is 0 Å². The predicted octanol–water partition coefficient (Wildman–Crippen LogP) is 2.47. The lowest BCUT2D eigenvalue weighted by atomic mass is 10.3. The first-order valence-electron chi connectivity index (χ1n) is 3.63. The van der Waals surface area contributed by atoms with Crippen LogP contribution in [0.4, 0.5) is 0 Å². The highest BCUT2D eigenvalue weighted by atomic mass is 16.5. The van der Waals surface area contributed by atoms with Crippen LogP contribution in [-0.2, 0) is 0 Å². The topological polar surface area (TPSA) is 22.1 Å². The summed E-state index contributed by atoms with van der Waals surface area (Å²) in [7, 11) is 0. The minimum atomic E-state index is 0.530. The van der Waals surface area contributed by atoms with E-state index in [0.29, 0.717) is 11.5 Å². The Morgan fingerprint density at radius 2 is 2.33 bits per heavy atom. The second-order valence-electron chi connectivity index (χ2n) is 2.47. The molecule has 0 aromatic carbocycles. The van der Waals surface area contributed by atoms with Gasteiger partial charge in [0, 0.05) is 6.20 Å². The first kappa shape index (κ1) is 8.53. The molecule has 1 aromatic rings. The molecule has 0 aliphatic rings. The Labute approximate surface area is 72.2 Å². The average Bonchev–Trinajstić information content (AvgIpc) is 2.04. The van der Waals surface area contributed by atoms with Crippen LogP contribution < -0.4 is 4.74 Å². The molecule has 0 aliphatic heterocycles. The summed E-state index contributed by atoms with van der Waals surface area (Å²) in [5, 5.41) is 0. The summed E-state index contributed by atoms with van der Waals surface area (Å²) in [5.74, 6) is 1.22. The van der Waals surface area contributed by atoms with Crippen molar-refractivity contribution in [1.29, 1.82) is 0 Å². The molecule has 0 aliphatic carbocycles. The van der Waals surface area contributed by atoms with Crippen molar-refractivity contribution in [3.63, 3.8) is 0 Å². The van der Waals surface area contributed by atoms with Crippen molar-refractivity contribution in [2.45, 2.75) is 6.92 Å². The van der Waals surface area contributed by atoms with Crippen LogP contribution in [0, 0.1) is 6.92 Å². The predicted molar refractivity (Wildman–Crippen MR) is 48.9 cm³/mol. The van der Waals surface area contributed by atoms with E-state index < -0.39 is 0 Å². The van der Waals surface area contributed by atoms with E-state index in [1.54, 1.807) is 18.5 Å². The van der Waals surface area contributed by atoms with Crippen LogP contribution >= 0.6 is 0 Å². The Morgan fingerprint density at radius 1 is 1.58 bits per heavy atom. The standard InChI is InChI=1S/C10H11NO/c1-4-9(3)12-10-5-8(2)6-11-7-10/h4-7H,1,3H2,2H3. The lowest BCUT2D eigenvalue weighted by molar-refractivity contribution is 0.445. The van der Waals surface area contributed by atoms with Gasteiger partial charge in [0.05, 0.1) is 6.20 Å². The fourth-order valence-electron chi connectivity index (χ4n) is 0.776. The van der Waals surface area contributed by atoms with Crippen molar-refractivity contribution in [3.8, 4) is 5.75 Å². The molecule has 62 valence electrons. The van der Waals surface area contributed by atoms with E-state index in [9.17, 15) is 0 Å². The summed E-state index contributed by atoms with van der Waals surface area (Å²) >= 11 is 0. The van der Waals surface area contributed by atoms with E-state index in [0.717, 1.165) is 5.56 Å². The maximum absolute atomic E-state index is 5.27. The second-order valence-corrected chi connectivity index (χ2v) is 2.47. The van der Waals surface area contributed by atoms with Crippen molar-refractivity contribution in [3.05, 3.63) is 49.0 Å². The summed E-state index contributed by atoms with van der Waals surface area (Å²) in [5.41, 5.74) is 1.06. The molecule has 0 N–H and O–H groups in total. The Morgan fingerprint density at radius 3 is 2.92 bits per heavy atom. The lowest BCUT2D eigenvalue weighted by Gasteiger charge is -2.03. The lowest BCUT2D eigenvalue weighted by Crippen LogP contribution is -1.90. The smallest absolute Gasteiger partial charge is 0.145 e. The summed E-state index contributed by atoms with van der Waals surface area (Å²) in [4.78, 5) is 3.97. The van der Waals surface area contributed by atoms with Gasteiger partial charge in [-0.15, -0.1) is 0 Å². The number of aryl methyl sites for hydroxylation is 1. The Balaban J connectivity index is 2.76. The number of hydrogen-bond acceptors (Lipinski definition) is 2. The maximum Gasteiger partial charge on any atom is 0.145 e. The zero-order chi connectivity index (χ0) is 8.97. The molecule has 0 saturated heterocycles. The SMILES string of the molecule is C=CC(=C)Oc1cncc(C)c1.